The number of imidazole rings is 1. The van der Waals surface area contributed by atoms with E-state index in [-0.39, 0.29) is 11.3 Å². The fourth-order valence-electron chi connectivity index (χ4n) is 3.51. The van der Waals surface area contributed by atoms with Gasteiger partial charge < -0.3 is 9.88 Å². The summed E-state index contributed by atoms with van der Waals surface area (Å²) in [6.07, 6.45) is 4.36. The van der Waals surface area contributed by atoms with E-state index in [9.17, 15) is 4.79 Å². The van der Waals surface area contributed by atoms with E-state index in [0.29, 0.717) is 13.0 Å². The number of carbonyl (C=O) groups excluding carboxylic acids is 1. The summed E-state index contributed by atoms with van der Waals surface area (Å²) >= 11 is 0. The fourth-order valence-corrected chi connectivity index (χ4v) is 3.51. The predicted octanol–water partition coefficient (Wildman–Crippen LogP) is 2.84. The first kappa shape index (κ1) is 15.8. The number of hydrogen-bond donors (Lipinski definition) is 1. The third kappa shape index (κ3) is 2.80. The van der Waals surface area contributed by atoms with Gasteiger partial charge >= 0.3 is 0 Å². The Morgan fingerprint density at radius 2 is 2.00 bits per heavy atom. The van der Waals surface area contributed by atoms with Gasteiger partial charge in [-0.2, -0.15) is 0 Å². The Labute approximate surface area is 147 Å². The molecule has 1 fully saturated rings. The van der Waals surface area contributed by atoms with E-state index in [1.54, 1.807) is 6.20 Å². The van der Waals surface area contributed by atoms with Crippen LogP contribution in [0.2, 0.25) is 0 Å². The van der Waals surface area contributed by atoms with Gasteiger partial charge in [-0.1, -0.05) is 30.3 Å². The Hall–Kier alpha value is -2.69. The highest BCUT2D eigenvalue weighted by Gasteiger charge is 2.50. The predicted molar refractivity (Wildman–Crippen MR) is 97.3 cm³/mol. The molecule has 2 aromatic heterocycles. The topological polar surface area (TPSA) is 59.8 Å². The number of nitrogens with zero attached hydrogens (tertiary/aromatic N) is 3. The number of pyridine rings is 1. The Morgan fingerprint density at radius 3 is 2.72 bits per heavy atom. The average molecular weight is 334 g/mol. The number of hydrogen-bond acceptors (Lipinski definition) is 3. The van der Waals surface area contributed by atoms with Crippen LogP contribution in [0.15, 0.2) is 48.7 Å². The number of amides is 1. The van der Waals surface area contributed by atoms with Gasteiger partial charge in [0.15, 0.2) is 5.65 Å². The van der Waals surface area contributed by atoms with E-state index < -0.39 is 0 Å². The Balaban J connectivity index is 1.44. The molecule has 1 aromatic carbocycles. The fraction of sp³-hybridized carbons (Fsp3) is 0.350. The van der Waals surface area contributed by atoms with Crippen LogP contribution in [0.25, 0.3) is 11.2 Å². The molecule has 1 amide bonds. The van der Waals surface area contributed by atoms with Crippen molar-refractivity contribution >= 4 is 17.1 Å². The molecular formula is C20H22N4O. The first-order chi connectivity index (χ1) is 12.2. The molecule has 5 heteroatoms. The molecule has 3 aromatic rings. The monoisotopic (exact) mass is 334 g/mol. The van der Waals surface area contributed by atoms with Crippen molar-refractivity contribution in [1.82, 2.24) is 19.9 Å². The number of aryl methyl sites for hydroxylation is 1. The van der Waals surface area contributed by atoms with Crippen molar-refractivity contribution in [1.29, 1.82) is 0 Å². The largest absolute Gasteiger partial charge is 0.355 e. The lowest BCUT2D eigenvalue weighted by molar-refractivity contribution is -0.123. The number of nitrogens with one attached hydrogen (secondary N) is 1. The molecule has 0 atom stereocenters. The number of rotatable bonds is 6. The zero-order chi connectivity index (χ0) is 17.3. The van der Waals surface area contributed by atoms with Crippen molar-refractivity contribution in [3.63, 3.8) is 0 Å². The molecule has 0 saturated heterocycles. The molecule has 0 bridgehead atoms. The minimum atomic E-state index is -0.312. The SMILES string of the molecule is CCn1c(CCNC(=O)C2(c3ccccc3)CC2)nc2cccnc21. The molecule has 25 heavy (non-hydrogen) atoms. The summed E-state index contributed by atoms with van der Waals surface area (Å²) in [5.74, 6) is 1.11. The molecule has 0 aliphatic heterocycles. The van der Waals surface area contributed by atoms with Crippen LogP contribution in [0.4, 0.5) is 0 Å². The quantitative estimate of drug-likeness (QED) is 0.754. The number of benzene rings is 1. The molecule has 2 heterocycles. The summed E-state index contributed by atoms with van der Waals surface area (Å²) < 4.78 is 2.12. The summed E-state index contributed by atoms with van der Waals surface area (Å²) in [6, 6.07) is 14.0. The van der Waals surface area contributed by atoms with Crippen LogP contribution < -0.4 is 5.32 Å². The van der Waals surface area contributed by atoms with Crippen molar-refractivity contribution in [3.8, 4) is 0 Å². The maximum Gasteiger partial charge on any atom is 0.230 e. The summed E-state index contributed by atoms with van der Waals surface area (Å²) in [7, 11) is 0. The van der Waals surface area contributed by atoms with E-state index in [2.05, 4.69) is 38.9 Å². The molecular weight excluding hydrogens is 312 g/mol. The molecule has 1 N–H and O–H groups in total. The lowest BCUT2D eigenvalue weighted by Gasteiger charge is -2.15. The number of carbonyl (C=O) groups is 1. The highest BCUT2D eigenvalue weighted by Crippen LogP contribution is 2.48. The molecule has 4 rings (SSSR count). The lowest BCUT2D eigenvalue weighted by Crippen LogP contribution is -2.36. The highest BCUT2D eigenvalue weighted by atomic mass is 16.2. The molecule has 5 nitrogen and oxygen atoms in total. The minimum absolute atomic E-state index is 0.135. The normalized spacial score (nSPS) is 15.2. The van der Waals surface area contributed by atoms with E-state index >= 15 is 0 Å². The van der Waals surface area contributed by atoms with Gasteiger partial charge in [-0.05, 0) is 37.5 Å². The summed E-state index contributed by atoms with van der Waals surface area (Å²) in [6.45, 7) is 3.51. The van der Waals surface area contributed by atoms with Gasteiger partial charge in [-0.25, -0.2) is 9.97 Å². The second-order valence-corrected chi connectivity index (χ2v) is 6.57. The standard InChI is InChI=1S/C20H22N4O/c1-2-24-17(23-16-9-6-13-21-18(16)24)10-14-22-19(25)20(11-12-20)15-7-4-3-5-8-15/h3-9,13H,2,10-12,14H2,1H3,(H,22,25). The third-order valence-electron chi connectivity index (χ3n) is 5.04. The zero-order valence-electron chi connectivity index (χ0n) is 14.4. The van der Waals surface area contributed by atoms with Crippen LogP contribution in [-0.4, -0.2) is 27.0 Å². The van der Waals surface area contributed by atoms with Crippen molar-refractivity contribution in [3.05, 3.63) is 60.0 Å². The lowest BCUT2D eigenvalue weighted by atomic mass is 9.95. The van der Waals surface area contributed by atoms with Gasteiger partial charge in [-0.3, -0.25) is 4.79 Å². The van der Waals surface area contributed by atoms with Gasteiger partial charge in [-0.15, -0.1) is 0 Å². The summed E-state index contributed by atoms with van der Waals surface area (Å²) in [5, 5.41) is 3.12. The van der Waals surface area contributed by atoms with Crippen molar-refractivity contribution in [2.45, 2.75) is 38.1 Å². The van der Waals surface area contributed by atoms with Crippen molar-refractivity contribution in [2.24, 2.45) is 0 Å². The van der Waals surface area contributed by atoms with Crippen LogP contribution in [0, 0.1) is 0 Å². The smallest absolute Gasteiger partial charge is 0.230 e. The number of fused-ring (bicyclic) bond motifs is 1. The summed E-state index contributed by atoms with van der Waals surface area (Å²) in [5.41, 5.74) is 2.63. The Bertz CT molecular complexity index is 896. The van der Waals surface area contributed by atoms with Crippen LogP contribution >= 0.6 is 0 Å². The van der Waals surface area contributed by atoms with Crippen molar-refractivity contribution in [2.75, 3.05) is 6.54 Å². The van der Waals surface area contributed by atoms with Crippen LogP contribution in [-0.2, 0) is 23.2 Å². The molecule has 128 valence electrons. The minimum Gasteiger partial charge on any atom is -0.355 e. The molecule has 0 spiro atoms. The molecule has 0 radical (unpaired) electrons. The average Bonchev–Trinajstić information content (AvgIpc) is 3.39. The third-order valence-corrected chi connectivity index (χ3v) is 5.04. The molecule has 1 aliphatic rings. The maximum absolute atomic E-state index is 12.7. The van der Waals surface area contributed by atoms with E-state index in [1.807, 2.05) is 30.3 Å². The van der Waals surface area contributed by atoms with Crippen LogP contribution in [0.5, 0.6) is 0 Å². The van der Waals surface area contributed by atoms with Gasteiger partial charge in [0.1, 0.15) is 11.3 Å². The van der Waals surface area contributed by atoms with Crippen molar-refractivity contribution < 1.29 is 4.79 Å². The van der Waals surface area contributed by atoms with E-state index in [1.165, 1.54) is 0 Å². The van der Waals surface area contributed by atoms with E-state index in [0.717, 1.165) is 41.9 Å². The van der Waals surface area contributed by atoms with Gasteiger partial charge in [0.25, 0.3) is 0 Å². The first-order valence-corrected chi connectivity index (χ1v) is 8.88. The summed E-state index contributed by atoms with van der Waals surface area (Å²) in [4.78, 5) is 21.8. The molecule has 1 saturated carbocycles. The first-order valence-electron chi connectivity index (χ1n) is 8.88. The second kappa shape index (κ2) is 6.31. The van der Waals surface area contributed by atoms with Gasteiger partial charge in [0.2, 0.25) is 5.91 Å². The highest BCUT2D eigenvalue weighted by molar-refractivity contribution is 5.91. The molecule has 0 unspecified atom stereocenters. The van der Waals surface area contributed by atoms with Crippen LogP contribution in [0.1, 0.15) is 31.2 Å². The maximum atomic E-state index is 12.7. The second-order valence-electron chi connectivity index (χ2n) is 6.57. The van der Waals surface area contributed by atoms with Gasteiger partial charge in [0, 0.05) is 25.7 Å². The Kier molecular flexibility index (Phi) is 3.99. The Morgan fingerprint density at radius 1 is 1.20 bits per heavy atom. The van der Waals surface area contributed by atoms with Gasteiger partial charge in [0.05, 0.1) is 5.41 Å². The molecule has 1 aliphatic carbocycles. The van der Waals surface area contributed by atoms with Crippen LogP contribution in [0.3, 0.4) is 0 Å². The zero-order valence-corrected chi connectivity index (χ0v) is 14.4. The number of aromatic nitrogens is 3. The van der Waals surface area contributed by atoms with E-state index in [4.69, 9.17) is 0 Å².